The highest BCUT2D eigenvalue weighted by Gasteiger charge is 2.10. The molecular formula is C13H11NO2S. The third-order valence-electron chi connectivity index (χ3n) is 2.26. The van der Waals surface area contributed by atoms with Crippen molar-refractivity contribution in [2.75, 3.05) is 0 Å². The van der Waals surface area contributed by atoms with E-state index in [4.69, 9.17) is 5.11 Å². The van der Waals surface area contributed by atoms with Gasteiger partial charge in [-0.1, -0.05) is 29.5 Å². The number of aromatic carboxylic acids is 1. The summed E-state index contributed by atoms with van der Waals surface area (Å²) < 4.78 is 0. The summed E-state index contributed by atoms with van der Waals surface area (Å²) in [7, 11) is 0. The predicted molar refractivity (Wildman–Crippen MR) is 66.5 cm³/mol. The molecule has 0 radical (unpaired) electrons. The minimum Gasteiger partial charge on any atom is -0.478 e. The number of benzene rings is 1. The molecule has 0 aliphatic heterocycles. The van der Waals surface area contributed by atoms with Crippen LogP contribution in [0.5, 0.6) is 0 Å². The largest absolute Gasteiger partial charge is 0.478 e. The standard InChI is InChI=1S/C13H11NO2S/c1-9-2-4-10(5-3-9)17-12-8-14-7-6-11(12)13(15)16/h2-8H,1H3,(H,15,16). The lowest BCUT2D eigenvalue weighted by Crippen LogP contribution is -1.98. The SMILES string of the molecule is Cc1ccc(Sc2cnccc2C(=O)O)cc1. The predicted octanol–water partition coefficient (Wildman–Crippen LogP) is 3.24. The minimum atomic E-state index is -0.929. The molecule has 0 bridgehead atoms. The van der Waals surface area contributed by atoms with Crippen LogP contribution in [0.15, 0.2) is 52.5 Å². The van der Waals surface area contributed by atoms with Crippen LogP contribution in [0, 0.1) is 6.92 Å². The zero-order chi connectivity index (χ0) is 12.3. The van der Waals surface area contributed by atoms with Crippen molar-refractivity contribution in [2.24, 2.45) is 0 Å². The first-order valence-electron chi connectivity index (χ1n) is 5.08. The fourth-order valence-corrected chi connectivity index (χ4v) is 2.28. The Hall–Kier alpha value is -1.81. The van der Waals surface area contributed by atoms with Crippen LogP contribution in [0.25, 0.3) is 0 Å². The van der Waals surface area contributed by atoms with E-state index in [0.717, 1.165) is 4.90 Å². The molecule has 2 rings (SSSR count). The van der Waals surface area contributed by atoms with E-state index in [2.05, 4.69) is 4.98 Å². The second kappa shape index (κ2) is 5.01. The van der Waals surface area contributed by atoms with Gasteiger partial charge < -0.3 is 5.11 Å². The number of carboxylic acids is 1. The number of hydrogen-bond donors (Lipinski definition) is 1. The van der Waals surface area contributed by atoms with Crippen molar-refractivity contribution in [3.05, 3.63) is 53.9 Å². The maximum Gasteiger partial charge on any atom is 0.336 e. The third kappa shape index (κ3) is 2.85. The maximum absolute atomic E-state index is 11.0. The molecule has 1 aromatic heterocycles. The first-order valence-corrected chi connectivity index (χ1v) is 5.90. The Morgan fingerprint density at radius 2 is 1.94 bits per heavy atom. The molecule has 4 heteroatoms. The molecule has 0 fully saturated rings. The maximum atomic E-state index is 11.0. The molecule has 86 valence electrons. The van der Waals surface area contributed by atoms with Gasteiger partial charge in [0.1, 0.15) is 0 Å². The zero-order valence-corrected chi connectivity index (χ0v) is 10.1. The van der Waals surface area contributed by atoms with Gasteiger partial charge in [0.05, 0.1) is 5.56 Å². The molecule has 0 atom stereocenters. The number of aryl methyl sites for hydroxylation is 1. The molecular weight excluding hydrogens is 234 g/mol. The van der Waals surface area contributed by atoms with Crippen LogP contribution in [0.4, 0.5) is 0 Å². The average molecular weight is 245 g/mol. The summed E-state index contributed by atoms with van der Waals surface area (Å²) in [6, 6.07) is 9.45. The minimum absolute atomic E-state index is 0.283. The molecule has 2 aromatic rings. The summed E-state index contributed by atoms with van der Waals surface area (Å²) in [4.78, 5) is 16.6. The molecule has 0 saturated heterocycles. The topological polar surface area (TPSA) is 50.2 Å². The number of aromatic nitrogens is 1. The summed E-state index contributed by atoms with van der Waals surface area (Å²) in [5.74, 6) is -0.929. The zero-order valence-electron chi connectivity index (χ0n) is 9.25. The summed E-state index contributed by atoms with van der Waals surface area (Å²) in [6.45, 7) is 2.02. The highest BCUT2D eigenvalue weighted by atomic mass is 32.2. The lowest BCUT2D eigenvalue weighted by Gasteiger charge is -2.04. The molecule has 1 heterocycles. The van der Waals surface area contributed by atoms with Crippen LogP contribution in [0.3, 0.4) is 0 Å². The number of rotatable bonds is 3. The van der Waals surface area contributed by atoms with Gasteiger partial charge in [0.15, 0.2) is 0 Å². The Bertz CT molecular complexity index is 537. The smallest absolute Gasteiger partial charge is 0.336 e. The van der Waals surface area contributed by atoms with Crippen LogP contribution in [-0.2, 0) is 0 Å². The van der Waals surface area contributed by atoms with Crippen LogP contribution in [0.1, 0.15) is 15.9 Å². The molecule has 0 aliphatic carbocycles. The van der Waals surface area contributed by atoms with E-state index in [9.17, 15) is 4.79 Å². The van der Waals surface area contributed by atoms with Gasteiger partial charge in [-0.2, -0.15) is 0 Å². The van der Waals surface area contributed by atoms with Crippen molar-refractivity contribution in [1.29, 1.82) is 0 Å². The number of pyridine rings is 1. The molecule has 0 amide bonds. The summed E-state index contributed by atoms with van der Waals surface area (Å²) >= 11 is 1.41. The van der Waals surface area contributed by atoms with Gasteiger partial charge in [-0.05, 0) is 25.1 Å². The molecule has 0 saturated carbocycles. The van der Waals surface area contributed by atoms with Gasteiger partial charge in [-0.25, -0.2) is 4.79 Å². The van der Waals surface area contributed by atoms with E-state index >= 15 is 0 Å². The van der Waals surface area contributed by atoms with E-state index in [1.54, 1.807) is 6.20 Å². The fraction of sp³-hybridized carbons (Fsp3) is 0.0769. The van der Waals surface area contributed by atoms with Gasteiger partial charge in [-0.3, -0.25) is 4.98 Å². The van der Waals surface area contributed by atoms with Crippen molar-refractivity contribution in [3.63, 3.8) is 0 Å². The summed E-state index contributed by atoms with van der Waals surface area (Å²) in [6.07, 6.45) is 3.07. The summed E-state index contributed by atoms with van der Waals surface area (Å²) in [5.41, 5.74) is 1.46. The van der Waals surface area contributed by atoms with E-state index in [1.165, 1.54) is 29.6 Å². The Morgan fingerprint density at radius 3 is 2.59 bits per heavy atom. The van der Waals surface area contributed by atoms with E-state index in [1.807, 2.05) is 31.2 Å². The average Bonchev–Trinajstić information content (AvgIpc) is 2.32. The molecule has 0 aliphatic rings. The van der Waals surface area contributed by atoms with Gasteiger partial charge >= 0.3 is 5.97 Å². The first kappa shape index (κ1) is 11.7. The van der Waals surface area contributed by atoms with Gasteiger partial charge in [0.25, 0.3) is 0 Å². The number of hydrogen-bond acceptors (Lipinski definition) is 3. The molecule has 3 nitrogen and oxygen atoms in total. The lowest BCUT2D eigenvalue weighted by atomic mass is 10.2. The van der Waals surface area contributed by atoms with E-state index in [-0.39, 0.29) is 5.56 Å². The van der Waals surface area contributed by atoms with Gasteiger partial charge in [-0.15, -0.1) is 0 Å². The number of nitrogens with zero attached hydrogens (tertiary/aromatic N) is 1. The van der Waals surface area contributed by atoms with Gasteiger partial charge in [0.2, 0.25) is 0 Å². The molecule has 0 unspecified atom stereocenters. The van der Waals surface area contributed by atoms with Crippen LogP contribution in [-0.4, -0.2) is 16.1 Å². The molecule has 1 N–H and O–H groups in total. The Morgan fingerprint density at radius 1 is 1.24 bits per heavy atom. The number of carboxylic acid groups (broad SMARTS) is 1. The third-order valence-corrected chi connectivity index (χ3v) is 3.32. The van der Waals surface area contributed by atoms with Crippen molar-refractivity contribution >= 4 is 17.7 Å². The Labute approximate surface area is 104 Å². The highest BCUT2D eigenvalue weighted by molar-refractivity contribution is 7.99. The van der Waals surface area contributed by atoms with Crippen LogP contribution >= 0.6 is 11.8 Å². The Kier molecular flexibility index (Phi) is 3.44. The Balaban J connectivity index is 2.30. The molecule has 17 heavy (non-hydrogen) atoms. The normalized spacial score (nSPS) is 10.2. The van der Waals surface area contributed by atoms with E-state index < -0.39 is 5.97 Å². The number of carbonyl (C=O) groups is 1. The van der Waals surface area contributed by atoms with Crippen molar-refractivity contribution in [1.82, 2.24) is 4.98 Å². The summed E-state index contributed by atoms with van der Waals surface area (Å²) in [5, 5.41) is 9.05. The second-order valence-electron chi connectivity index (χ2n) is 3.59. The molecule has 1 aromatic carbocycles. The van der Waals surface area contributed by atoms with Crippen molar-refractivity contribution in [3.8, 4) is 0 Å². The fourth-order valence-electron chi connectivity index (χ4n) is 1.37. The van der Waals surface area contributed by atoms with Gasteiger partial charge in [0, 0.05) is 22.2 Å². The monoisotopic (exact) mass is 245 g/mol. The lowest BCUT2D eigenvalue weighted by molar-refractivity contribution is 0.0693. The van der Waals surface area contributed by atoms with Crippen LogP contribution < -0.4 is 0 Å². The van der Waals surface area contributed by atoms with Crippen molar-refractivity contribution in [2.45, 2.75) is 16.7 Å². The first-order chi connectivity index (χ1) is 8.16. The van der Waals surface area contributed by atoms with E-state index in [0.29, 0.717) is 4.90 Å². The highest BCUT2D eigenvalue weighted by Crippen LogP contribution is 2.29. The molecule has 0 spiro atoms. The van der Waals surface area contributed by atoms with Crippen LogP contribution in [0.2, 0.25) is 0 Å². The second-order valence-corrected chi connectivity index (χ2v) is 4.71. The quantitative estimate of drug-likeness (QED) is 0.901. The van der Waals surface area contributed by atoms with Crippen molar-refractivity contribution < 1.29 is 9.90 Å².